The first-order chi connectivity index (χ1) is 8.98. The van der Waals surface area contributed by atoms with Crippen molar-refractivity contribution in [2.24, 2.45) is 0 Å². The van der Waals surface area contributed by atoms with Gasteiger partial charge in [0.1, 0.15) is 0 Å². The highest BCUT2D eigenvalue weighted by Gasteiger charge is 2.51. The van der Waals surface area contributed by atoms with Gasteiger partial charge in [0.25, 0.3) is 5.91 Å². The van der Waals surface area contributed by atoms with Crippen LogP contribution in [0.5, 0.6) is 0 Å². The Labute approximate surface area is 109 Å². The van der Waals surface area contributed by atoms with Crippen LogP contribution in [-0.4, -0.2) is 22.9 Å². The monoisotopic (exact) mass is 269 g/mol. The molecule has 3 rings (SSSR count). The number of carbonyl (C=O) groups excluding carboxylic acids is 1. The third-order valence-electron chi connectivity index (χ3n) is 4.01. The Hall–Kier alpha value is -1.52. The maximum absolute atomic E-state index is 12.4. The first-order valence-corrected chi connectivity index (χ1v) is 6.48. The highest BCUT2D eigenvalue weighted by Crippen LogP contribution is 2.41. The Balaban J connectivity index is 1.74. The predicted molar refractivity (Wildman–Crippen MR) is 63.7 cm³/mol. The van der Waals surface area contributed by atoms with E-state index in [1.54, 1.807) is 0 Å². The van der Waals surface area contributed by atoms with Crippen molar-refractivity contribution >= 4 is 5.91 Å². The Morgan fingerprint density at radius 2 is 1.58 bits per heavy atom. The minimum absolute atomic E-state index is 0.134. The van der Waals surface area contributed by atoms with Gasteiger partial charge in [-0.2, -0.15) is 13.2 Å². The standard InChI is InChI=1S/C14H14F3NO/c15-14(16,17)10-7-5-9(6-8-10)13(19)18-11-3-1-2-4-12(11)18/h5-8,11-12H,1-4H2. The molecular weight excluding hydrogens is 255 g/mol. The lowest BCUT2D eigenvalue weighted by molar-refractivity contribution is -0.137. The Morgan fingerprint density at radius 1 is 1.05 bits per heavy atom. The largest absolute Gasteiger partial charge is 0.416 e. The van der Waals surface area contributed by atoms with Gasteiger partial charge >= 0.3 is 6.18 Å². The molecule has 2 fully saturated rings. The third-order valence-corrected chi connectivity index (χ3v) is 4.01. The topological polar surface area (TPSA) is 20.1 Å². The first-order valence-electron chi connectivity index (χ1n) is 6.48. The molecule has 1 aliphatic carbocycles. The number of benzene rings is 1. The van der Waals surface area contributed by atoms with Crippen LogP contribution >= 0.6 is 0 Å². The molecule has 5 heteroatoms. The third kappa shape index (κ3) is 2.22. The van der Waals surface area contributed by atoms with Gasteiger partial charge in [-0.05, 0) is 37.1 Å². The fourth-order valence-corrected chi connectivity index (χ4v) is 2.96. The van der Waals surface area contributed by atoms with Gasteiger partial charge in [0.05, 0.1) is 17.6 Å². The molecule has 19 heavy (non-hydrogen) atoms. The first kappa shape index (κ1) is 12.5. The van der Waals surface area contributed by atoms with Gasteiger partial charge in [-0.1, -0.05) is 12.8 Å². The Bertz CT molecular complexity index is 482. The van der Waals surface area contributed by atoms with Crippen LogP contribution < -0.4 is 0 Å². The van der Waals surface area contributed by atoms with Gasteiger partial charge < -0.3 is 4.90 Å². The average Bonchev–Trinajstić information content (AvgIpc) is 3.11. The summed E-state index contributed by atoms with van der Waals surface area (Å²) in [6.07, 6.45) is -0.0283. The molecule has 2 unspecified atom stereocenters. The Kier molecular flexibility index (Phi) is 2.80. The van der Waals surface area contributed by atoms with Crippen molar-refractivity contribution in [2.45, 2.75) is 43.9 Å². The molecule has 0 radical (unpaired) electrons. The number of nitrogens with zero attached hydrogens (tertiary/aromatic N) is 1. The van der Waals surface area contributed by atoms with Gasteiger partial charge in [-0.3, -0.25) is 4.79 Å². The highest BCUT2D eigenvalue weighted by molar-refractivity contribution is 5.96. The lowest BCUT2D eigenvalue weighted by Gasteiger charge is -2.08. The van der Waals surface area contributed by atoms with Gasteiger partial charge in [-0.25, -0.2) is 0 Å². The van der Waals surface area contributed by atoms with Gasteiger partial charge in [0, 0.05) is 5.56 Å². The molecule has 0 bridgehead atoms. The number of halogens is 3. The van der Waals surface area contributed by atoms with Gasteiger partial charge in [-0.15, -0.1) is 0 Å². The lowest BCUT2D eigenvalue weighted by Crippen LogP contribution is -2.15. The summed E-state index contributed by atoms with van der Waals surface area (Å²) in [5, 5.41) is 0. The van der Waals surface area contributed by atoms with Crippen LogP contribution in [0.1, 0.15) is 41.6 Å². The van der Waals surface area contributed by atoms with Crippen LogP contribution in [0.15, 0.2) is 24.3 Å². The van der Waals surface area contributed by atoms with Crippen LogP contribution in [0.4, 0.5) is 13.2 Å². The fraction of sp³-hybridized carbons (Fsp3) is 0.500. The summed E-state index contributed by atoms with van der Waals surface area (Å²) in [4.78, 5) is 14.0. The van der Waals surface area contributed by atoms with Crippen LogP contribution in [-0.2, 0) is 6.18 Å². The lowest BCUT2D eigenvalue weighted by atomic mass is 10.0. The van der Waals surface area contributed by atoms with Crippen LogP contribution in [0, 0.1) is 0 Å². The molecule has 1 heterocycles. The number of carbonyl (C=O) groups is 1. The van der Waals surface area contributed by atoms with Crippen molar-refractivity contribution in [3.05, 3.63) is 35.4 Å². The second-order valence-corrected chi connectivity index (χ2v) is 5.21. The molecule has 0 N–H and O–H groups in total. The van der Waals surface area contributed by atoms with Crippen molar-refractivity contribution in [1.82, 2.24) is 4.90 Å². The zero-order valence-electron chi connectivity index (χ0n) is 10.3. The van der Waals surface area contributed by atoms with E-state index in [4.69, 9.17) is 0 Å². The number of amides is 1. The van der Waals surface area contributed by atoms with Crippen molar-refractivity contribution in [2.75, 3.05) is 0 Å². The number of fused-ring (bicyclic) bond motifs is 1. The van der Waals surface area contributed by atoms with E-state index >= 15 is 0 Å². The predicted octanol–water partition coefficient (Wildman–Crippen LogP) is 3.47. The number of hydrogen-bond donors (Lipinski definition) is 0. The molecule has 102 valence electrons. The Morgan fingerprint density at radius 3 is 2.05 bits per heavy atom. The van der Waals surface area contributed by atoms with E-state index < -0.39 is 11.7 Å². The molecule has 1 saturated heterocycles. The van der Waals surface area contributed by atoms with E-state index in [9.17, 15) is 18.0 Å². The molecule has 2 aliphatic rings. The van der Waals surface area contributed by atoms with Gasteiger partial charge in [0.2, 0.25) is 0 Å². The quantitative estimate of drug-likeness (QED) is 0.715. The number of hydrogen-bond acceptors (Lipinski definition) is 1. The molecule has 1 amide bonds. The van der Waals surface area contributed by atoms with E-state index in [-0.39, 0.29) is 5.91 Å². The van der Waals surface area contributed by atoms with E-state index in [1.807, 2.05) is 4.90 Å². The van der Waals surface area contributed by atoms with Crippen molar-refractivity contribution in [3.8, 4) is 0 Å². The van der Waals surface area contributed by atoms with E-state index in [0.717, 1.165) is 37.8 Å². The zero-order chi connectivity index (χ0) is 13.6. The van der Waals surface area contributed by atoms with Crippen LogP contribution in [0.2, 0.25) is 0 Å². The second-order valence-electron chi connectivity index (χ2n) is 5.21. The summed E-state index contributed by atoms with van der Waals surface area (Å²) < 4.78 is 37.3. The number of likely N-dealkylation sites (tertiary alicyclic amines) is 1. The average molecular weight is 269 g/mol. The van der Waals surface area contributed by atoms with E-state index in [0.29, 0.717) is 17.6 Å². The SMILES string of the molecule is O=C(c1ccc(C(F)(F)F)cc1)N1C2CCCCC21. The summed E-state index contributed by atoms with van der Waals surface area (Å²) in [5.41, 5.74) is -0.366. The maximum Gasteiger partial charge on any atom is 0.416 e. The van der Waals surface area contributed by atoms with Crippen molar-refractivity contribution < 1.29 is 18.0 Å². The highest BCUT2D eigenvalue weighted by atomic mass is 19.4. The van der Waals surface area contributed by atoms with Crippen molar-refractivity contribution in [3.63, 3.8) is 0 Å². The minimum Gasteiger partial charge on any atom is -0.329 e. The fourth-order valence-electron chi connectivity index (χ4n) is 2.96. The summed E-state index contributed by atoms with van der Waals surface area (Å²) in [7, 11) is 0. The summed E-state index contributed by atoms with van der Waals surface area (Å²) in [6, 6.07) is 5.14. The molecule has 0 spiro atoms. The molecule has 1 aromatic rings. The minimum atomic E-state index is -4.35. The summed E-state index contributed by atoms with van der Waals surface area (Å²) >= 11 is 0. The molecular formula is C14H14F3NO. The number of rotatable bonds is 1. The van der Waals surface area contributed by atoms with E-state index in [1.165, 1.54) is 12.1 Å². The van der Waals surface area contributed by atoms with E-state index in [2.05, 4.69) is 0 Å². The number of alkyl halides is 3. The summed E-state index contributed by atoms with van der Waals surface area (Å²) in [6.45, 7) is 0. The normalized spacial score (nSPS) is 25.9. The van der Waals surface area contributed by atoms with Crippen LogP contribution in [0.3, 0.4) is 0 Å². The molecule has 2 atom stereocenters. The van der Waals surface area contributed by atoms with Gasteiger partial charge in [0.15, 0.2) is 0 Å². The maximum atomic E-state index is 12.4. The molecule has 1 aromatic carbocycles. The smallest absolute Gasteiger partial charge is 0.329 e. The second kappa shape index (κ2) is 4.25. The van der Waals surface area contributed by atoms with Crippen molar-refractivity contribution in [1.29, 1.82) is 0 Å². The summed E-state index contributed by atoms with van der Waals surface area (Å²) in [5.74, 6) is -0.134. The molecule has 1 aliphatic heterocycles. The molecule has 0 aromatic heterocycles. The zero-order valence-corrected chi connectivity index (χ0v) is 10.3. The van der Waals surface area contributed by atoms with Crippen LogP contribution in [0.25, 0.3) is 0 Å². The molecule has 2 nitrogen and oxygen atoms in total. The molecule has 1 saturated carbocycles.